The molecule has 160 valence electrons. The Balaban J connectivity index is 1.60. The van der Waals surface area contributed by atoms with E-state index in [1.807, 2.05) is 35.8 Å². The molecule has 0 bridgehead atoms. The van der Waals surface area contributed by atoms with Gasteiger partial charge in [-0.2, -0.15) is 0 Å². The van der Waals surface area contributed by atoms with Gasteiger partial charge in [-0.3, -0.25) is 19.5 Å². The largest absolute Gasteiger partial charge is 0.382 e. The normalized spacial score (nSPS) is 11.3. The maximum absolute atomic E-state index is 12.7. The fraction of sp³-hybridized carbons (Fsp3) is 0.273. The summed E-state index contributed by atoms with van der Waals surface area (Å²) in [6.07, 6.45) is 0.751. The van der Waals surface area contributed by atoms with Crippen LogP contribution in [0, 0.1) is 0 Å². The fourth-order valence-electron chi connectivity index (χ4n) is 3.52. The number of hydrogen-bond acceptors (Lipinski definition) is 5. The zero-order chi connectivity index (χ0) is 21.8. The average molecular weight is 421 g/mol. The summed E-state index contributed by atoms with van der Waals surface area (Å²) < 4.78 is 8.20. The standard InChI is InChI=1S/C22H23N5O4/c1-2-31-13-7-12-26-18-11-6-5-10-17(18)23-21(26)25-19(28)14-27-20(29)15-8-3-4-9-16(15)24-22(27)30/h3-6,8-11H,2,7,12-14H2,1H3,(H,24,30)(H,23,25,28). The summed E-state index contributed by atoms with van der Waals surface area (Å²) in [5.74, 6) is -0.141. The summed E-state index contributed by atoms with van der Waals surface area (Å²) in [5, 5.41) is 3.10. The average Bonchev–Trinajstić information content (AvgIpc) is 3.11. The number of aromatic amines is 1. The number of amides is 1. The molecule has 4 aromatic rings. The predicted octanol–water partition coefficient (Wildman–Crippen LogP) is 2.10. The minimum absolute atomic E-state index is 0.345. The third-order valence-corrected chi connectivity index (χ3v) is 4.97. The van der Waals surface area contributed by atoms with Gasteiger partial charge in [0.1, 0.15) is 6.54 Å². The smallest absolute Gasteiger partial charge is 0.329 e. The number of aromatic nitrogens is 4. The zero-order valence-electron chi connectivity index (χ0n) is 17.1. The second-order valence-corrected chi connectivity index (χ2v) is 7.04. The first-order valence-electron chi connectivity index (χ1n) is 10.1. The molecule has 0 aliphatic carbocycles. The van der Waals surface area contributed by atoms with Crippen LogP contribution in [0.4, 0.5) is 5.95 Å². The van der Waals surface area contributed by atoms with E-state index in [-0.39, 0.29) is 0 Å². The number of hydrogen-bond donors (Lipinski definition) is 2. The monoisotopic (exact) mass is 421 g/mol. The lowest BCUT2D eigenvalue weighted by Gasteiger charge is -2.11. The van der Waals surface area contributed by atoms with Crippen molar-refractivity contribution in [3.05, 3.63) is 69.4 Å². The topological polar surface area (TPSA) is 111 Å². The van der Waals surface area contributed by atoms with Crippen LogP contribution < -0.4 is 16.6 Å². The summed E-state index contributed by atoms with van der Waals surface area (Å²) >= 11 is 0. The van der Waals surface area contributed by atoms with Gasteiger partial charge in [0, 0.05) is 19.8 Å². The second-order valence-electron chi connectivity index (χ2n) is 7.04. The number of nitrogens with one attached hydrogen (secondary N) is 2. The van der Waals surface area contributed by atoms with E-state index in [0.29, 0.717) is 36.6 Å². The number of fused-ring (bicyclic) bond motifs is 2. The summed E-state index contributed by atoms with van der Waals surface area (Å²) in [5.41, 5.74) is 0.916. The Morgan fingerprint density at radius 2 is 1.87 bits per heavy atom. The number of para-hydroxylation sites is 3. The Bertz CT molecular complexity index is 1350. The van der Waals surface area contributed by atoms with Crippen molar-refractivity contribution >= 4 is 33.8 Å². The van der Waals surface area contributed by atoms with Gasteiger partial charge in [0.2, 0.25) is 11.9 Å². The minimum atomic E-state index is -0.635. The number of carbonyl (C=O) groups excluding carboxylic acids is 1. The van der Waals surface area contributed by atoms with Crippen molar-refractivity contribution in [2.45, 2.75) is 26.4 Å². The van der Waals surface area contributed by atoms with Crippen LogP contribution >= 0.6 is 0 Å². The molecule has 0 aliphatic rings. The highest BCUT2D eigenvalue weighted by Gasteiger charge is 2.16. The molecule has 0 aliphatic heterocycles. The van der Waals surface area contributed by atoms with Gasteiger partial charge in [-0.05, 0) is 37.6 Å². The fourth-order valence-corrected chi connectivity index (χ4v) is 3.52. The molecule has 2 N–H and O–H groups in total. The molecule has 2 aromatic carbocycles. The first-order valence-corrected chi connectivity index (χ1v) is 10.1. The van der Waals surface area contributed by atoms with E-state index in [0.717, 1.165) is 22.0 Å². The van der Waals surface area contributed by atoms with Crippen molar-refractivity contribution in [2.75, 3.05) is 18.5 Å². The molecule has 9 heteroatoms. The van der Waals surface area contributed by atoms with Crippen LogP contribution in [0.5, 0.6) is 0 Å². The number of nitrogens with zero attached hydrogens (tertiary/aromatic N) is 3. The quantitative estimate of drug-likeness (QED) is 0.423. The van der Waals surface area contributed by atoms with Crippen LogP contribution in [0.15, 0.2) is 58.1 Å². The molecule has 4 rings (SSSR count). The summed E-state index contributed by atoms with van der Waals surface area (Å²) in [7, 11) is 0. The molecular weight excluding hydrogens is 398 g/mol. The van der Waals surface area contributed by atoms with Gasteiger partial charge in [-0.25, -0.2) is 9.78 Å². The molecular formula is C22H23N5O4. The summed E-state index contributed by atoms with van der Waals surface area (Å²) in [4.78, 5) is 44.9. The van der Waals surface area contributed by atoms with Crippen molar-refractivity contribution in [1.82, 2.24) is 19.1 Å². The Morgan fingerprint density at radius 3 is 2.71 bits per heavy atom. The van der Waals surface area contributed by atoms with Crippen molar-refractivity contribution in [3.8, 4) is 0 Å². The molecule has 2 heterocycles. The molecule has 9 nitrogen and oxygen atoms in total. The molecule has 0 fully saturated rings. The Kier molecular flexibility index (Phi) is 5.94. The van der Waals surface area contributed by atoms with E-state index >= 15 is 0 Å². The Labute approximate surface area is 177 Å². The molecule has 31 heavy (non-hydrogen) atoms. The van der Waals surface area contributed by atoms with Crippen LogP contribution in [-0.2, 0) is 22.6 Å². The molecule has 0 saturated carbocycles. The van der Waals surface area contributed by atoms with E-state index in [1.165, 1.54) is 0 Å². The molecule has 0 saturated heterocycles. The lowest BCUT2D eigenvalue weighted by molar-refractivity contribution is -0.116. The first kappa shape index (κ1) is 20.5. The van der Waals surface area contributed by atoms with Gasteiger partial charge in [0.15, 0.2) is 0 Å². The highest BCUT2D eigenvalue weighted by molar-refractivity contribution is 5.91. The van der Waals surface area contributed by atoms with Gasteiger partial charge < -0.3 is 14.3 Å². The third-order valence-electron chi connectivity index (χ3n) is 4.97. The maximum Gasteiger partial charge on any atom is 0.329 e. The van der Waals surface area contributed by atoms with Crippen LogP contribution in [0.2, 0.25) is 0 Å². The number of ether oxygens (including phenoxy) is 1. The number of H-pyrrole nitrogens is 1. The SMILES string of the molecule is CCOCCCn1c(NC(=O)Cn2c(=O)[nH]c3ccccc3c2=O)nc2ccccc21. The number of carbonyl (C=O) groups is 1. The van der Waals surface area contributed by atoms with Crippen molar-refractivity contribution in [1.29, 1.82) is 0 Å². The van der Waals surface area contributed by atoms with Gasteiger partial charge in [0.05, 0.1) is 21.9 Å². The molecule has 1 amide bonds. The number of imidazole rings is 1. The molecule has 0 unspecified atom stereocenters. The summed E-state index contributed by atoms with van der Waals surface area (Å²) in [6, 6.07) is 14.3. The van der Waals surface area contributed by atoms with E-state index in [4.69, 9.17) is 4.74 Å². The van der Waals surface area contributed by atoms with Gasteiger partial charge >= 0.3 is 5.69 Å². The predicted molar refractivity (Wildman–Crippen MR) is 118 cm³/mol. The Morgan fingerprint density at radius 1 is 1.10 bits per heavy atom. The Hall–Kier alpha value is -3.72. The minimum Gasteiger partial charge on any atom is -0.382 e. The third kappa shape index (κ3) is 4.26. The van der Waals surface area contributed by atoms with Crippen LogP contribution in [0.1, 0.15) is 13.3 Å². The molecule has 0 atom stereocenters. The van der Waals surface area contributed by atoms with E-state index < -0.39 is 23.7 Å². The summed E-state index contributed by atoms with van der Waals surface area (Å²) in [6.45, 7) is 3.37. The number of benzene rings is 2. The van der Waals surface area contributed by atoms with Crippen molar-refractivity contribution in [3.63, 3.8) is 0 Å². The van der Waals surface area contributed by atoms with E-state index in [9.17, 15) is 14.4 Å². The second kappa shape index (κ2) is 8.97. The van der Waals surface area contributed by atoms with E-state index in [1.54, 1.807) is 24.3 Å². The molecule has 0 radical (unpaired) electrons. The van der Waals surface area contributed by atoms with Crippen molar-refractivity contribution in [2.24, 2.45) is 0 Å². The number of aryl methyl sites for hydroxylation is 1. The molecule has 0 spiro atoms. The lowest BCUT2D eigenvalue weighted by atomic mass is 10.2. The van der Waals surface area contributed by atoms with Gasteiger partial charge in [0.25, 0.3) is 5.56 Å². The molecule has 2 aromatic heterocycles. The lowest BCUT2D eigenvalue weighted by Crippen LogP contribution is -2.38. The number of rotatable bonds is 8. The van der Waals surface area contributed by atoms with Gasteiger partial charge in [-0.1, -0.05) is 24.3 Å². The van der Waals surface area contributed by atoms with Crippen molar-refractivity contribution < 1.29 is 9.53 Å². The van der Waals surface area contributed by atoms with Crippen LogP contribution in [-0.4, -0.2) is 38.2 Å². The van der Waals surface area contributed by atoms with Gasteiger partial charge in [-0.15, -0.1) is 0 Å². The van der Waals surface area contributed by atoms with Crippen LogP contribution in [0.25, 0.3) is 21.9 Å². The maximum atomic E-state index is 12.7. The zero-order valence-corrected chi connectivity index (χ0v) is 17.1. The first-order chi connectivity index (χ1) is 15.1. The highest BCUT2D eigenvalue weighted by Crippen LogP contribution is 2.20. The van der Waals surface area contributed by atoms with Crippen LogP contribution in [0.3, 0.4) is 0 Å². The van der Waals surface area contributed by atoms with E-state index in [2.05, 4.69) is 15.3 Å². The highest BCUT2D eigenvalue weighted by atomic mass is 16.5. The number of anilines is 1.